The summed E-state index contributed by atoms with van der Waals surface area (Å²) >= 11 is 15.6. The van der Waals surface area contributed by atoms with Gasteiger partial charge in [-0.1, -0.05) is 45.2 Å². The van der Waals surface area contributed by atoms with Gasteiger partial charge in [-0.3, -0.25) is 0 Å². The molecule has 19 heavy (non-hydrogen) atoms. The maximum absolute atomic E-state index is 6.27. The number of halogens is 3. The summed E-state index contributed by atoms with van der Waals surface area (Å²) in [5.41, 5.74) is 7.90. The highest BCUT2D eigenvalue weighted by Crippen LogP contribution is 2.34. The number of methoxy groups -OCH3 is 1. The van der Waals surface area contributed by atoms with Gasteiger partial charge in [0.1, 0.15) is 5.75 Å². The SMILES string of the molecule is COc1ccc(Cl)cc1C(N)c1ccc(Br)cc1Cl. The van der Waals surface area contributed by atoms with E-state index in [1.54, 1.807) is 25.3 Å². The standard InChI is InChI=1S/C14H12BrCl2NO/c1-19-13-5-3-9(16)7-11(13)14(18)10-4-2-8(15)6-12(10)17/h2-7,14H,18H2,1H3. The fraction of sp³-hybridized carbons (Fsp3) is 0.143. The molecule has 0 fully saturated rings. The van der Waals surface area contributed by atoms with Gasteiger partial charge in [0.15, 0.2) is 0 Å². The summed E-state index contributed by atoms with van der Waals surface area (Å²) in [4.78, 5) is 0. The van der Waals surface area contributed by atoms with Crippen LogP contribution in [0.4, 0.5) is 0 Å². The second-order valence-corrected chi connectivity index (χ2v) is 5.79. The summed E-state index contributed by atoms with van der Waals surface area (Å²) in [5.74, 6) is 0.691. The zero-order valence-electron chi connectivity index (χ0n) is 10.2. The average Bonchev–Trinajstić information content (AvgIpc) is 2.38. The minimum Gasteiger partial charge on any atom is -0.496 e. The lowest BCUT2D eigenvalue weighted by atomic mass is 9.99. The normalized spacial score (nSPS) is 12.3. The summed E-state index contributed by atoms with van der Waals surface area (Å²) < 4.78 is 6.22. The average molecular weight is 361 g/mol. The third kappa shape index (κ3) is 3.23. The van der Waals surface area contributed by atoms with Crippen LogP contribution in [0, 0.1) is 0 Å². The maximum Gasteiger partial charge on any atom is 0.124 e. The van der Waals surface area contributed by atoms with Crippen LogP contribution >= 0.6 is 39.1 Å². The van der Waals surface area contributed by atoms with E-state index >= 15 is 0 Å². The predicted molar refractivity (Wildman–Crippen MR) is 83.2 cm³/mol. The molecule has 0 saturated carbocycles. The molecule has 0 spiro atoms. The Bertz CT molecular complexity index is 604. The van der Waals surface area contributed by atoms with Crippen molar-refractivity contribution in [3.8, 4) is 5.75 Å². The van der Waals surface area contributed by atoms with Crippen LogP contribution in [0.5, 0.6) is 5.75 Å². The lowest BCUT2D eigenvalue weighted by Gasteiger charge is -2.17. The van der Waals surface area contributed by atoms with E-state index in [0.717, 1.165) is 15.6 Å². The van der Waals surface area contributed by atoms with Gasteiger partial charge in [0.05, 0.1) is 13.2 Å². The van der Waals surface area contributed by atoms with Crippen molar-refractivity contribution >= 4 is 39.1 Å². The number of hydrogen-bond donors (Lipinski definition) is 1. The van der Waals surface area contributed by atoms with Crippen LogP contribution in [0.25, 0.3) is 0 Å². The fourth-order valence-corrected chi connectivity index (χ4v) is 2.84. The second kappa shape index (κ2) is 6.14. The third-order valence-electron chi connectivity index (χ3n) is 2.82. The molecule has 5 heteroatoms. The monoisotopic (exact) mass is 359 g/mol. The van der Waals surface area contributed by atoms with Gasteiger partial charge in [-0.2, -0.15) is 0 Å². The second-order valence-electron chi connectivity index (χ2n) is 4.03. The summed E-state index contributed by atoms with van der Waals surface area (Å²) in [6.45, 7) is 0. The van der Waals surface area contributed by atoms with Crippen molar-refractivity contribution in [2.75, 3.05) is 7.11 Å². The Morgan fingerprint density at radius 2 is 1.84 bits per heavy atom. The number of nitrogens with two attached hydrogens (primary N) is 1. The van der Waals surface area contributed by atoms with Gasteiger partial charge in [-0.15, -0.1) is 0 Å². The van der Waals surface area contributed by atoms with Crippen LogP contribution in [0.1, 0.15) is 17.2 Å². The summed E-state index contributed by atoms with van der Waals surface area (Å²) in [5, 5.41) is 1.21. The van der Waals surface area contributed by atoms with Crippen molar-refractivity contribution in [1.29, 1.82) is 0 Å². The Kier molecular flexibility index (Phi) is 4.74. The third-order valence-corrected chi connectivity index (χ3v) is 3.88. The number of rotatable bonds is 3. The molecule has 0 radical (unpaired) electrons. The molecule has 100 valence electrons. The van der Waals surface area contributed by atoms with Gasteiger partial charge in [-0.25, -0.2) is 0 Å². The van der Waals surface area contributed by atoms with E-state index in [4.69, 9.17) is 33.7 Å². The molecule has 2 rings (SSSR count). The quantitative estimate of drug-likeness (QED) is 0.852. The van der Waals surface area contributed by atoms with Crippen molar-refractivity contribution in [2.24, 2.45) is 5.73 Å². The first-order chi connectivity index (χ1) is 9.02. The number of ether oxygens (including phenoxy) is 1. The van der Waals surface area contributed by atoms with Crippen molar-refractivity contribution in [1.82, 2.24) is 0 Å². The molecule has 2 aromatic rings. The van der Waals surface area contributed by atoms with Gasteiger partial charge in [0.2, 0.25) is 0 Å². The first kappa shape index (κ1) is 14.7. The number of benzene rings is 2. The molecule has 0 amide bonds. The van der Waals surface area contributed by atoms with Crippen molar-refractivity contribution in [3.05, 3.63) is 62.0 Å². The topological polar surface area (TPSA) is 35.2 Å². The molecular formula is C14H12BrCl2NO. The molecule has 2 nitrogen and oxygen atoms in total. The van der Waals surface area contributed by atoms with E-state index in [9.17, 15) is 0 Å². The molecule has 0 heterocycles. The van der Waals surface area contributed by atoms with Crippen LogP contribution in [-0.4, -0.2) is 7.11 Å². The first-order valence-corrected chi connectivity index (χ1v) is 7.11. The van der Waals surface area contributed by atoms with Crippen molar-refractivity contribution in [2.45, 2.75) is 6.04 Å². The van der Waals surface area contributed by atoms with Crippen LogP contribution in [0.15, 0.2) is 40.9 Å². The molecule has 0 bridgehead atoms. The van der Waals surface area contributed by atoms with Gasteiger partial charge >= 0.3 is 0 Å². The highest BCUT2D eigenvalue weighted by molar-refractivity contribution is 9.10. The first-order valence-electron chi connectivity index (χ1n) is 5.57. The summed E-state index contributed by atoms with van der Waals surface area (Å²) in [6, 6.07) is 10.6. The predicted octanol–water partition coefficient (Wildman–Crippen LogP) is 4.81. The summed E-state index contributed by atoms with van der Waals surface area (Å²) in [6.07, 6.45) is 0. The Hall–Kier alpha value is -0.740. The molecule has 1 unspecified atom stereocenters. The molecule has 2 N–H and O–H groups in total. The van der Waals surface area contributed by atoms with E-state index < -0.39 is 6.04 Å². The van der Waals surface area contributed by atoms with Crippen LogP contribution in [0.2, 0.25) is 10.0 Å². The van der Waals surface area contributed by atoms with E-state index in [-0.39, 0.29) is 0 Å². The zero-order chi connectivity index (χ0) is 14.0. The Balaban J connectivity index is 2.49. The lowest BCUT2D eigenvalue weighted by molar-refractivity contribution is 0.408. The number of hydrogen-bond acceptors (Lipinski definition) is 2. The maximum atomic E-state index is 6.27. The molecular weight excluding hydrogens is 349 g/mol. The molecule has 0 aromatic heterocycles. The Labute approximate surface area is 130 Å². The molecule has 0 aliphatic carbocycles. The van der Waals surface area contributed by atoms with E-state index in [1.807, 2.05) is 18.2 Å². The van der Waals surface area contributed by atoms with Crippen molar-refractivity contribution < 1.29 is 4.74 Å². The molecule has 0 aliphatic rings. The van der Waals surface area contributed by atoms with E-state index in [1.165, 1.54) is 0 Å². The van der Waals surface area contributed by atoms with Crippen LogP contribution in [-0.2, 0) is 0 Å². The van der Waals surface area contributed by atoms with Crippen molar-refractivity contribution in [3.63, 3.8) is 0 Å². The van der Waals surface area contributed by atoms with E-state index in [2.05, 4.69) is 15.9 Å². The molecule has 0 aliphatic heterocycles. The van der Waals surface area contributed by atoms with Gasteiger partial charge in [0.25, 0.3) is 0 Å². The van der Waals surface area contributed by atoms with Crippen LogP contribution < -0.4 is 10.5 Å². The summed E-state index contributed by atoms with van der Waals surface area (Å²) in [7, 11) is 1.60. The largest absolute Gasteiger partial charge is 0.496 e. The smallest absolute Gasteiger partial charge is 0.124 e. The lowest BCUT2D eigenvalue weighted by Crippen LogP contribution is -2.13. The van der Waals surface area contributed by atoms with Gasteiger partial charge < -0.3 is 10.5 Å². The van der Waals surface area contributed by atoms with E-state index in [0.29, 0.717) is 15.8 Å². The minimum absolute atomic E-state index is 0.394. The molecule has 2 aromatic carbocycles. The molecule has 1 atom stereocenters. The highest BCUT2D eigenvalue weighted by atomic mass is 79.9. The highest BCUT2D eigenvalue weighted by Gasteiger charge is 2.17. The minimum atomic E-state index is -0.394. The van der Waals surface area contributed by atoms with Crippen LogP contribution in [0.3, 0.4) is 0 Å². The zero-order valence-corrected chi connectivity index (χ0v) is 13.3. The Morgan fingerprint density at radius 1 is 1.11 bits per heavy atom. The molecule has 0 saturated heterocycles. The Morgan fingerprint density at radius 3 is 2.47 bits per heavy atom. The van der Waals surface area contributed by atoms with Gasteiger partial charge in [-0.05, 0) is 35.9 Å². The van der Waals surface area contributed by atoms with Gasteiger partial charge in [0, 0.05) is 20.1 Å². The fourth-order valence-electron chi connectivity index (χ4n) is 1.87.